The zero-order valence-corrected chi connectivity index (χ0v) is 16.4. The molecule has 0 spiro atoms. The van der Waals surface area contributed by atoms with Crippen molar-refractivity contribution < 1.29 is 14.7 Å². The van der Waals surface area contributed by atoms with Gasteiger partial charge in [-0.3, -0.25) is 18.7 Å². The molecule has 0 atom stereocenters. The lowest BCUT2D eigenvalue weighted by molar-refractivity contribution is -0.137. The molecule has 7 heteroatoms. The van der Waals surface area contributed by atoms with Crippen molar-refractivity contribution in [1.29, 1.82) is 0 Å². The summed E-state index contributed by atoms with van der Waals surface area (Å²) in [6.07, 6.45) is 1.57. The van der Waals surface area contributed by atoms with E-state index in [2.05, 4.69) is 5.32 Å². The third kappa shape index (κ3) is 4.93. The molecule has 1 amide bonds. The maximum Gasteiger partial charge on any atom is 0.329 e. The highest BCUT2D eigenvalue weighted by molar-refractivity contribution is 5.90. The molecule has 0 saturated heterocycles. The highest BCUT2D eigenvalue weighted by Gasteiger charge is 2.13. The fourth-order valence-electron chi connectivity index (χ4n) is 3.37. The minimum absolute atomic E-state index is 0.0755. The third-order valence-corrected chi connectivity index (χ3v) is 4.80. The van der Waals surface area contributed by atoms with Crippen molar-refractivity contribution >= 4 is 28.6 Å². The van der Waals surface area contributed by atoms with Crippen molar-refractivity contribution in [3.8, 4) is 0 Å². The number of amides is 1. The zero-order chi connectivity index (χ0) is 20.8. The second-order valence-corrected chi connectivity index (χ2v) is 6.96. The number of aromatic nitrogens is 2. The van der Waals surface area contributed by atoms with Gasteiger partial charge in [-0.05, 0) is 42.7 Å². The Morgan fingerprint density at radius 1 is 0.931 bits per heavy atom. The topological polar surface area (TPSA) is 93.3 Å². The number of nitrogens with zero attached hydrogens (tertiary/aromatic N) is 2. The van der Waals surface area contributed by atoms with Crippen LogP contribution in [0.5, 0.6) is 0 Å². The van der Waals surface area contributed by atoms with Crippen LogP contribution < -0.4 is 11.0 Å². The van der Waals surface area contributed by atoms with Crippen molar-refractivity contribution in [2.24, 2.45) is 0 Å². The Labute approximate surface area is 168 Å². The van der Waals surface area contributed by atoms with Gasteiger partial charge in [0.1, 0.15) is 0 Å². The van der Waals surface area contributed by atoms with Crippen molar-refractivity contribution in [3.05, 3.63) is 64.6 Å². The van der Waals surface area contributed by atoms with Crippen molar-refractivity contribution in [2.75, 3.05) is 5.32 Å². The zero-order valence-electron chi connectivity index (χ0n) is 16.4. The number of carbonyl (C=O) groups is 2. The van der Waals surface area contributed by atoms with Crippen LogP contribution in [0.25, 0.3) is 11.0 Å². The number of nitrogens with one attached hydrogen (secondary N) is 1. The molecule has 7 nitrogen and oxygen atoms in total. The number of para-hydroxylation sites is 2. The second-order valence-electron chi connectivity index (χ2n) is 6.96. The van der Waals surface area contributed by atoms with E-state index in [1.165, 1.54) is 0 Å². The van der Waals surface area contributed by atoms with E-state index in [0.29, 0.717) is 25.2 Å². The quantitative estimate of drug-likeness (QED) is 0.582. The molecule has 3 rings (SSSR count). The summed E-state index contributed by atoms with van der Waals surface area (Å²) < 4.78 is 3.41. The van der Waals surface area contributed by atoms with Crippen LogP contribution in [0.1, 0.15) is 31.7 Å². The largest absolute Gasteiger partial charge is 0.481 e. The first-order valence-electron chi connectivity index (χ1n) is 9.78. The van der Waals surface area contributed by atoms with Crippen LogP contribution in [-0.2, 0) is 29.1 Å². The molecule has 1 heterocycles. The van der Waals surface area contributed by atoms with Crippen LogP contribution in [0.3, 0.4) is 0 Å². The minimum atomic E-state index is -0.835. The van der Waals surface area contributed by atoms with Crippen LogP contribution >= 0.6 is 0 Å². The van der Waals surface area contributed by atoms with E-state index in [-0.39, 0.29) is 24.4 Å². The van der Waals surface area contributed by atoms with Gasteiger partial charge in [-0.15, -0.1) is 0 Å². The SMILES string of the molecule is CCCn1c(=O)n(CCC(=O)Nc2ccc(CCC(=O)O)cc2)c2ccccc21. The lowest BCUT2D eigenvalue weighted by Gasteiger charge is -2.07. The van der Waals surface area contributed by atoms with Gasteiger partial charge >= 0.3 is 11.7 Å². The van der Waals surface area contributed by atoms with Crippen molar-refractivity contribution in [1.82, 2.24) is 9.13 Å². The smallest absolute Gasteiger partial charge is 0.329 e. The highest BCUT2D eigenvalue weighted by atomic mass is 16.4. The molecule has 2 aromatic carbocycles. The molecule has 2 N–H and O–H groups in total. The monoisotopic (exact) mass is 395 g/mol. The van der Waals surface area contributed by atoms with E-state index >= 15 is 0 Å². The molecular formula is C22H25N3O4. The molecule has 0 aliphatic carbocycles. The van der Waals surface area contributed by atoms with E-state index in [1.807, 2.05) is 31.2 Å². The number of benzene rings is 2. The predicted octanol–water partition coefficient (Wildman–Crippen LogP) is 3.26. The lowest BCUT2D eigenvalue weighted by Crippen LogP contribution is -2.26. The number of aryl methyl sites for hydroxylation is 3. The Morgan fingerprint density at radius 3 is 2.14 bits per heavy atom. The van der Waals surface area contributed by atoms with Crippen LogP contribution in [0.2, 0.25) is 0 Å². The average Bonchev–Trinajstić information content (AvgIpc) is 2.97. The number of imidazole rings is 1. The number of rotatable bonds is 9. The molecule has 152 valence electrons. The first-order valence-corrected chi connectivity index (χ1v) is 9.78. The van der Waals surface area contributed by atoms with Crippen LogP contribution in [0.15, 0.2) is 53.3 Å². The summed E-state index contributed by atoms with van der Waals surface area (Å²) in [4.78, 5) is 35.7. The Balaban J connectivity index is 1.65. The number of aliphatic carboxylic acids is 1. The maximum absolute atomic E-state index is 12.7. The van der Waals surface area contributed by atoms with Gasteiger partial charge in [-0.25, -0.2) is 4.79 Å². The number of carboxylic acid groups (broad SMARTS) is 1. The normalized spacial score (nSPS) is 10.9. The summed E-state index contributed by atoms with van der Waals surface area (Å²) in [7, 11) is 0. The van der Waals surface area contributed by atoms with Crippen molar-refractivity contribution in [2.45, 2.75) is 45.7 Å². The summed E-state index contributed by atoms with van der Waals surface area (Å²) in [5, 5.41) is 11.6. The van der Waals surface area contributed by atoms with Gasteiger partial charge in [0.2, 0.25) is 5.91 Å². The van der Waals surface area contributed by atoms with Gasteiger partial charge in [0.15, 0.2) is 0 Å². The molecule has 0 unspecified atom stereocenters. The fraction of sp³-hybridized carbons (Fsp3) is 0.318. The number of hydrogen-bond acceptors (Lipinski definition) is 3. The maximum atomic E-state index is 12.7. The third-order valence-electron chi connectivity index (χ3n) is 4.80. The summed E-state index contributed by atoms with van der Waals surface area (Å²) in [5.74, 6) is -1.01. The molecule has 0 radical (unpaired) electrons. The Morgan fingerprint density at radius 2 is 1.55 bits per heavy atom. The molecule has 29 heavy (non-hydrogen) atoms. The number of anilines is 1. The molecule has 0 fully saturated rings. The van der Waals surface area contributed by atoms with Crippen molar-refractivity contribution in [3.63, 3.8) is 0 Å². The van der Waals surface area contributed by atoms with Crippen LogP contribution in [0, 0.1) is 0 Å². The van der Waals surface area contributed by atoms with E-state index < -0.39 is 5.97 Å². The van der Waals surface area contributed by atoms with Gasteiger partial charge in [-0.1, -0.05) is 31.2 Å². The molecule has 0 bridgehead atoms. The van der Waals surface area contributed by atoms with E-state index in [4.69, 9.17) is 5.11 Å². The van der Waals surface area contributed by atoms with Crippen LogP contribution in [0.4, 0.5) is 5.69 Å². The van der Waals surface area contributed by atoms with Crippen LogP contribution in [-0.4, -0.2) is 26.1 Å². The molecule has 0 aliphatic rings. The molecule has 0 saturated carbocycles. The summed E-state index contributed by atoms with van der Waals surface area (Å²) in [5.41, 5.74) is 3.18. The molecular weight excluding hydrogens is 370 g/mol. The standard InChI is InChI=1S/C22H25N3O4/c1-2-14-24-18-5-3-4-6-19(18)25(22(24)29)15-13-20(26)23-17-10-7-16(8-11-17)9-12-21(27)28/h3-8,10-11H,2,9,12-15H2,1H3,(H,23,26)(H,27,28). The Bertz CT molecular complexity index is 1060. The molecule has 3 aromatic rings. The summed E-state index contributed by atoms with van der Waals surface area (Å²) >= 11 is 0. The highest BCUT2D eigenvalue weighted by Crippen LogP contribution is 2.15. The van der Waals surface area contributed by atoms with Gasteiger partial charge in [-0.2, -0.15) is 0 Å². The minimum Gasteiger partial charge on any atom is -0.481 e. The van der Waals surface area contributed by atoms with Gasteiger partial charge < -0.3 is 10.4 Å². The second kappa shape index (κ2) is 9.23. The number of carboxylic acids is 1. The average molecular weight is 395 g/mol. The first kappa shape index (κ1) is 20.4. The number of hydrogen-bond donors (Lipinski definition) is 2. The fourth-order valence-corrected chi connectivity index (χ4v) is 3.37. The van der Waals surface area contributed by atoms with Gasteiger partial charge in [0, 0.05) is 31.6 Å². The van der Waals surface area contributed by atoms with E-state index in [9.17, 15) is 14.4 Å². The number of carbonyl (C=O) groups excluding carboxylic acids is 1. The number of fused-ring (bicyclic) bond motifs is 1. The molecule has 1 aromatic heterocycles. The molecule has 0 aliphatic heterocycles. The lowest BCUT2D eigenvalue weighted by atomic mass is 10.1. The summed E-state index contributed by atoms with van der Waals surface area (Å²) in [6.45, 7) is 2.98. The Kier molecular flexibility index (Phi) is 6.49. The predicted molar refractivity (Wildman–Crippen MR) is 112 cm³/mol. The summed E-state index contributed by atoms with van der Waals surface area (Å²) in [6, 6.07) is 14.8. The van der Waals surface area contributed by atoms with E-state index in [1.54, 1.807) is 33.4 Å². The van der Waals surface area contributed by atoms with E-state index in [0.717, 1.165) is 23.0 Å². The van der Waals surface area contributed by atoms with Gasteiger partial charge in [0.05, 0.1) is 11.0 Å². The first-order chi connectivity index (χ1) is 14.0. The Hall–Kier alpha value is -3.35. The van der Waals surface area contributed by atoms with Gasteiger partial charge in [0.25, 0.3) is 0 Å².